The Hall–Kier alpha value is -4.93. The van der Waals surface area contributed by atoms with Crippen molar-refractivity contribution < 1.29 is 47.1 Å². The third-order valence-electron chi connectivity index (χ3n) is 10.8. The van der Waals surface area contributed by atoms with E-state index in [1.165, 1.54) is 20.8 Å². The zero-order chi connectivity index (χ0) is 39.1. The maximum absolute atomic E-state index is 14.4. The summed E-state index contributed by atoms with van der Waals surface area (Å²) in [6, 6.07) is -3.04. The van der Waals surface area contributed by atoms with Gasteiger partial charge in [-0.25, -0.2) is 13.6 Å². The number of allylic oxidation sites excluding steroid dienone is 1. The molecule has 0 saturated carbocycles. The molecule has 5 aliphatic rings. The van der Waals surface area contributed by atoms with Crippen LogP contribution < -0.4 is 16.0 Å². The first-order valence-electron chi connectivity index (χ1n) is 19.3. The number of esters is 1. The van der Waals surface area contributed by atoms with Crippen molar-refractivity contribution >= 4 is 41.4 Å². The van der Waals surface area contributed by atoms with E-state index in [9.17, 15) is 42.3 Å². The summed E-state index contributed by atoms with van der Waals surface area (Å²) in [7, 11) is 0. The number of carbonyl (C=O) groups excluding carboxylic acids is 7. The van der Waals surface area contributed by atoms with Crippen molar-refractivity contribution in [2.75, 3.05) is 52.4 Å². The molecule has 5 fully saturated rings. The van der Waals surface area contributed by atoms with E-state index in [0.717, 1.165) is 38.2 Å². The average molecular weight is 770 g/mol. The second kappa shape index (κ2) is 18.1. The van der Waals surface area contributed by atoms with E-state index in [-0.39, 0.29) is 44.6 Å². The summed E-state index contributed by atoms with van der Waals surface area (Å²) in [4.78, 5) is 102. The van der Waals surface area contributed by atoms with Crippen LogP contribution in [0.4, 0.5) is 8.78 Å². The van der Waals surface area contributed by atoms with Crippen LogP contribution in [-0.4, -0.2) is 144 Å². The summed E-state index contributed by atoms with van der Waals surface area (Å²) in [6.07, 6.45) is 7.26. The number of halogens is 2. The van der Waals surface area contributed by atoms with Gasteiger partial charge in [0.15, 0.2) is 0 Å². The molecule has 6 rings (SSSR count). The second-order valence-electron chi connectivity index (χ2n) is 14.8. The molecule has 298 valence electrons. The molecule has 1 aromatic carbocycles. The molecule has 0 bridgehead atoms. The largest absolute Gasteiger partial charge is 0.461 e. The quantitative estimate of drug-likeness (QED) is 0.130. The van der Waals surface area contributed by atoms with Gasteiger partial charge < -0.3 is 40.3 Å². The summed E-state index contributed by atoms with van der Waals surface area (Å²) in [5.74, 6) is -6.29. The van der Waals surface area contributed by atoms with Crippen molar-refractivity contribution in [3.8, 4) is 0 Å². The van der Waals surface area contributed by atoms with Crippen LogP contribution >= 0.6 is 0 Å². The van der Waals surface area contributed by atoms with Gasteiger partial charge in [0.1, 0.15) is 48.5 Å². The number of benzene rings is 1. The first kappa shape index (κ1) is 39.8. The number of piperidine rings is 1. The first-order chi connectivity index (χ1) is 26.5. The molecule has 0 spiro atoms. The first-order valence-corrected chi connectivity index (χ1v) is 19.3. The van der Waals surface area contributed by atoms with Gasteiger partial charge in [-0.05, 0) is 88.1 Å². The van der Waals surface area contributed by atoms with E-state index in [1.54, 1.807) is 6.08 Å². The maximum atomic E-state index is 14.4. The van der Waals surface area contributed by atoms with Crippen LogP contribution in [0.5, 0.6) is 0 Å². The van der Waals surface area contributed by atoms with Gasteiger partial charge in [-0.3, -0.25) is 28.8 Å². The molecule has 0 aliphatic carbocycles. The highest BCUT2D eigenvalue weighted by atomic mass is 19.1. The molecule has 5 atom stereocenters. The average Bonchev–Trinajstić information content (AvgIpc) is 3.61. The molecule has 0 radical (unpaired) electrons. The minimum Gasteiger partial charge on any atom is -0.461 e. The Balaban J connectivity index is 1.25. The number of cyclic esters (lactones) is 1. The van der Waals surface area contributed by atoms with Gasteiger partial charge in [0, 0.05) is 45.2 Å². The molecular formula is C38H49F2N7O8. The predicted octanol–water partition coefficient (Wildman–Crippen LogP) is 0.165. The van der Waals surface area contributed by atoms with E-state index in [4.69, 9.17) is 4.74 Å². The summed E-state index contributed by atoms with van der Waals surface area (Å²) in [5.41, 5.74) is 0.0625. The number of hydrogen-bond donors (Lipinski definition) is 3. The van der Waals surface area contributed by atoms with E-state index in [2.05, 4.69) is 20.9 Å². The Morgan fingerprint density at radius 2 is 1.51 bits per heavy atom. The zero-order valence-electron chi connectivity index (χ0n) is 30.8. The van der Waals surface area contributed by atoms with E-state index in [1.807, 2.05) is 0 Å². The topological polar surface area (TPSA) is 178 Å². The summed E-state index contributed by atoms with van der Waals surface area (Å²) >= 11 is 0. The fraction of sp³-hybridized carbons (Fsp3) is 0.605. The van der Waals surface area contributed by atoms with Crippen molar-refractivity contribution in [1.82, 2.24) is 35.6 Å². The van der Waals surface area contributed by atoms with Crippen LogP contribution in [0.2, 0.25) is 0 Å². The third kappa shape index (κ3) is 10.2. The molecule has 17 heteroatoms. The highest BCUT2D eigenvalue weighted by Crippen LogP contribution is 2.26. The molecule has 6 amide bonds. The van der Waals surface area contributed by atoms with Crippen molar-refractivity contribution in [2.45, 2.75) is 94.4 Å². The lowest BCUT2D eigenvalue weighted by Crippen LogP contribution is -2.61. The van der Waals surface area contributed by atoms with Crippen molar-refractivity contribution in [1.29, 1.82) is 0 Å². The molecule has 5 heterocycles. The highest BCUT2D eigenvalue weighted by molar-refractivity contribution is 5.98. The molecule has 5 aliphatic heterocycles. The zero-order valence-corrected chi connectivity index (χ0v) is 30.8. The van der Waals surface area contributed by atoms with E-state index in [0.29, 0.717) is 51.0 Å². The number of fused-ring (bicyclic) bond motifs is 3. The SMILES string of the molecule is O=C(/C=C/CCCN1CC1)NC(Cc1cc(F)cc(F)c1)C(=O)N[C@H]1COC(=O)[C@@H]2CCCN2C(=O)CNC(=O)C2CCCCN2C(=O)[C@@H]2CCCN2C1=O. The monoisotopic (exact) mass is 769 g/mol. The van der Waals surface area contributed by atoms with Gasteiger partial charge in [-0.15, -0.1) is 0 Å². The third-order valence-corrected chi connectivity index (χ3v) is 10.8. The van der Waals surface area contributed by atoms with Gasteiger partial charge in [-0.2, -0.15) is 0 Å². The maximum Gasteiger partial charge on any atom is 0.328 e. The van der Waals surface area contributed by atoms with Crippen molar-refractivity contribution in [3.05, 3.63) is 47.5 Å². The lowest BCUT2D eigenvalue weighted by molar-refractivity contribution is -0.157. The lowest BCUT2D eigenvalue weighted by atomic mass is 9.99. The van der Waals surface area contributed by atoms with Gasteiger partial charge >= 0.3 is 5.97 Å². The summed E-state index contributed by atoms with van der Waals surface area (Å²) in [6.45, 7) is 2.64. The van der Waals surface area contributed by atoms with Crippen molar-refractivity contribution in [2.24, 2.45) is 0 Å². The summed E-state index contributed by atoms with van der Waals surface area (Å²) in [5, 5.41) is 7.82. The fourth-order valence-corrected chi connectivity index (χ4v) is 7.86. The van der Waals surface area contributed by atoms with Crippen LogP contribution in [-0.2, 0) is 44.7 Å². The van der Waals surface area contributed by atoms with Gasteiger partial charge in [0.05, 0.1) is 6.54 Å². The van der Waals surface area contributed by atoms with Crippen LogP contribution in [0, 0.1) is 11.6 Å². The van der Waals surface area contributed by atoms with Crippen LogP contribution in [0.3, 0.4) is 0 Å². The van der Waals surface area contributed by atoms with Crippen molar-refractivity contribution in [3.63, 3.8) is 0 Å². The number of hydrogen-bond acceptors (Lipinski definition) is 9. The number of amides is 6. The van der Waals surface area contributed by atoms with E-state index < -0.39 is 89.9 Å². The van der Waals surface area contributed by atoms with E-state index >= 15 is 0 Å². The Labute approximate surface area is 318 Å². The van der Waals surface area contributed by atoms with Crippen LogP contribution in [0.1, 0.15) is 63.4 Å². The lowest BCUT2D eigenvalue weighted by Gasteiger charge is -2.38. The fourth-order valence-electron chi connectivity index (χ4n) is 7.86. The minimum atomic E-state index is -1.54. The molecule has 5 saturated heterocycles. The number of nitrogens with zero attached hydrogens (tertiary/aromatic N) is 4. The molecule has 0 aromatic heterocycles. The van der Waals surface area contributed by atoms with Gasteiger partial charge in [-0.1, -0.05) is 6.08 Å². The van der Waals surface area contributed by atoms with Gasteiger partial charge in [0.25, 0.3) is 0 Å². The number of nitrogens with one attached hydrogen (secondary N) is 3. The smallest absolute Gasteiger partial charge is 0.328 e. The molecular weight excluding hydrogens is 720 g/mol. The molecule has 15 nitrogen and oxygen atoms in total. The Bertz CT molecular complexity index is 1670. The standard InChI is InChI=1S/C38H49F2N7O8/c39-25-18-24(19-26(40)21-25)20-27(42-32(48)11-2-1-4-12-44-16-17-44)34(50)43-28-23-55-38(54)31-10-7-14-45(31)33(49)22-41-35(51)29-8-3-5-13-46(29)37(53)30-9-6-15-47(30)36(28)52/h2,11,18-19,21,27-31H,1,3-10,12-17,20,22-23H2,(H,41,51)(H,42,48)(H,43,50)/b11-2+/t27?,28-,29?,30-,31-/m0/s1. The molecule has 3 N–H and O–H groups in total. The predicted molar refractivity (Wildman–Crippen MR) is 192 cm³/mol. The molecule has 55 heavy (non-hydrogen) atoms. The second-order valence-corrected chi connectivity index (χ2v) is 14.8. The van der Waals surface area contributed by atoms with Crippen LogP contribution in [0.25, 0.3) is 0 Å². The van der Waals surface area contributed by atoms with Crippen LogP contribution in [0.15, 0.2) is 30.4 Å². The van der Waals surface area contributed by atoms with Gasteiger partial charge in [0.2, 0.25) is 35.4 Å². The molecule has 1 aromatic rings. The molecule has 2 unspecified atom stereocenters. The number of ether oxygens (including phenoxy) is 1. The Kier molecular flexibility index (Phi) is 13.1. The Morgan fingerprint density at radius 3 is 2.25 bits per heavy atom. The Morgan fingerprint density at radius 1 is 0.836 bits per heavy atom. The normalized spacial score (nSPS) is 25.9. The number of carbonyl (C=O) groups is 7. The highest BCUT2D eigenvalue weighted by Gasteiger charge is 2.44. The minimum absolute atomic E-state index is 0.0625. The summed E-state index contributed by atoms with van der Waals surface area (Å²) < 4.78 is 34.0. The number of unbranched alkanes of at least 4 members (excludes halogenated alkanes) is 1. The number of rotatable bonds is 10.